The number of ether oxygens (including phenoxy) is 2. The van der Waals surface area contributed by atoms with E-state index in [4.69, 9.17) is 9.47 Å². The first-order valence-electron chi connectivity index (χ1n) is 11.1. The van der Waals surface area contributed by atoms with Crippen LogP contribution in [0.15, 0.2) is 77.6 Å². The van der Waals surface area contributed by atoms with Crippen molar-refractivity contribution in [2.24, 2.45) is 0 Å². The number of carboxylic acids is 1. The fraction of sp³-hybridized carbons (Fsp3) is 0.192. The molecule has 0 radical (unpaired) electrons. The molecule has 178 valence electrons. The van der Waals surface area contributed by atoms with E-state index in [0.717, 1.165) is 11.1 Å². The van der Waals surface area contributed by atoms with Gasteiger partial charge in [-0.3, -0.25) is 18.7 Å². The number of nitrogens with one attached hydrogen (secondary N) is 1. The lowest BCUT2D eigenvalue weighted by atomic mass is 9.98. The molecule has 0 bridgehead atoms. The monoisotopic (exact) mass is 473 g/mol. The summed E-state index contributed by atoms with van der Waals surface area (Å²) in [5, 5.41) is 12.4. The van der Waals surface area contributed by atoms with E-state index in [9.17, 15) is 19.5 Å². The van der Waals surface area contributed by atoms with Crippen LogP contribution in [0.5, 0.6) is 11.5 Å². The first-order chi connectivity index (χ1) is 17.0. The second kappa shape index (κ2) is 9.38. The molecule has 4 aromatic rings. The molecular weight excluding hydrogens is 450 g/mol. The van der Waals surface area contributed by atoms with Gasteiger partial charge in [0.1, 0.15) is 6.54 Å². The lowest BCUT2D eigenvalue weighted by Crippen LogP contribution is -2.36. The minimum atomic E-state index is -1.08. The van der Waals surface area contributed by atoms with Gasteiger partial charge in [0.25, 0.3) is 0 Å². The number of hydrogen-bond donors (Lipinski definition) is 2. The zero-order chi connectivity index (χ0) is 24.4. The van der Waals surface area contributed by atoms with Crippen molar-refractivity contribution in [3.63, 3.8) is 0 Å². The molecule has 0 saturated heterocycles. The molecule has 1 aromatic heterocycles. The normalized spacial score (nSPS) is 13.0. The highest BCUT2D eigenvalue weighted by atomic mass is 16.7. The van der Waals surface area contributed by atoms with Gasteiger partial charge >= 0.3 is 11.7 Å². The second-order valence-corrected chi connectivity index (χ2v) is 8.24. The Bertz CT molecular complexity index is 1460. The molecule has 5 rings (SSSR count). The van der Waals surface area contributed by atoms with E-state index in [1.165, 1.54) is 4.57 Å². The van der Waals surface area contributed by atoms with E-state index in [1.807, 2.05) is 48.5 Å². The smallest absolute Gasteiger partial charge is 0.329 e. The van der Waals surface area contributed by atoms with E-state index >= 15 is 0 Å². The van der Waals surface area contributed by atoms with Crippen LogP contribution in [0.25, 0.3) is 11.0 Å². The van der Waals surface area contributed by atoms with Crippen LogP contribution in [0.2, 0.25) is 0 Å². The minimum Gasteiger partial charge on any atom is -0.481 e. The SMILES string of the molecule is O=C(Cn1c(=O)n(Cc2ccccc2)c2ccccc21)NC[C@@H](C(=O)O)c1ccc2c(c1)OCO2. The largest absolute Gasteiger partial charge is 0.481 e. The van der Waals surface area contributed by atoms with Crippen molar-refractivity contribution in [3.05, 3.63) is 94.4 Å². The van der Waals surface area contributed by atoms with Gasteiger partial charge in [-0.15, -0.1) is 0 Å². The summed E-state index contributed by atoms with van der Waals surface area (Å²) in [5.41, 5.74) is 2.50. The van der Waals surface area contributed by atoms with E-state index in [-0.39, 0.29) is 25.6 Å². The summed E-state index contributed by atoms with van der Waals surface area (Å²) in [5.74, 6) is -1.50. The Hall–Kier alpha value is -4.53. The van der Waals surface area contributed by atoms with Gasteiger partial charge in [0.05, 0.1) is 23.5 Å². The van der Waals surface area contributed by atoms with Gasteiger partial charge in [0.15, 0.2) is 11.5 Å². The fourth-order valence-corrected chi connectivity index (χ4v) is 4.24. The van der Waals surface area contributed by atoms with Crippen molar-refractivity contribution in [2.75, 3.05) is 13.3 Å². The molecule has 1 atom stereocenters. The van der Waals surface area contributed by atoms with Crippen LogP contribution in [0.1, 0.15) is 17.0 Å². The van der Waals surface area contributed by atoms with E-state index in [0.29, 0.717) is 29.1 Å². The molecular formula is C26H23N3O6. The number of aliphatic carboxylic acids is 1. The average Bonchev–Trinajstić information content (AvgIpc) is 3.43. The number of imidazole rings is 1. The third-order valence-corrected chi connectivity index (χ3v) is 6.01. The molecule has 0 unspecified atom stereocenters. The highest BCUT2D eigenvalue weighted by Crippen LogP contribution is 2.34. The molecule has 35 heavy (non-hydrogen) atoms. The van der Waals surface area contributed by atoms with Crippen LogP contribution in [-0.2, 0) is 22.7 Å². The van der Waals surface area contributed by atoms with Crippen molar-refractivity contribution in [3.8, 4) is 11.5 Å². The van der Waals surface area contributed by atoms with Gasteiger partial charge in [-0.25, -0.2) is 4.79 Å². The number of carbonyl (C=O) groups excluding carboxylic acids is 1. The summed E-state index contributed by atoms with van der Waals surface area (Å²) in [6.45, 7) is 0.0970. The van der Waals surface area contributed by atoms with Crippen LogP contribution >= 0.6 is 0 Å². The van der Waals surface area contributed by atoms with Gasteiger partial charge in [-0.05, 0) is 35.4 Å². The maximum absolute atomic E-state index is 13.2. The molecule has 9 heteroatoms. The number of nitrogens with zero attached hydrogens (tertiary/aromatic N) is 2. The number of fused-ring (bicyclic) bond motifs is 2. The lowest BCUT2D eigenvalue weighted by molar-refractivity contribution is -0.138. The van der Waals surface area contributed by atoms with Crippen LogP contribution in [0.4, 0.5) is 0 Å². The summed E-state index contributed by atoms with van der Waals surface area (Å²) in [4.78, 5) is 37.9. The molecule has 0 spiro atoms. The number of carbonyl (C=O) groups is 2. The Labute approximate surface area is 200 Å². The minimum absolute atomic E-state index is 0.0832. The van der Waals surface area contributed by atoms with Crippen LogP contribution in [0, 0.1) is 0 Å². The third-order valence-electron chi connectivity index (χ3n) is 6.01. The summed E-state index contributed by atoms with van der Waals surface area (Å²) in [6.07, 6.45) is 0. The van der Waals surface area contributed by atoms with Crippen LogP contribution in [0.3, 0.4) is 0 Å². The highest BCUT2D eigenvalue weighted by molar-refractivity contribution is 5.82. The number of amides is 1. The summed E-state index contributed by atoms with van der Waals surface area (Å²) < 4.78 is 13.6. The number of hydrogen-bond acceptors (Lipinski definition) is 5. The highest BCUT2D eigenvalue weighted by Gasteiger charge is 2.24. The topological polar surface area (TPSA) is 112 Å². The van der Waals surface area contributed by atoms with E-state index in [2.05, 4.69) is 5.32 Å². The Morgan fingerprint density at radius 3 is 2.34 bits per heavy atom. The molecule has 1 aliphatic rings. The predicted octanol–water partition coefficient (Wildman–Crippen LogP) is 2.56. The van der Waals surface area contributed by atoms with E-state index in [1.54, 1.807) is 28.8 Å². The molecule has 1 aliphatic heterocycles. The summed E-state index contributed by atoms with van der Waals surface area (Å²) >= 11 is 0. The van der Waals surface area contributed by atoms with Crippen molar-refractivity contribution in [2.45, 2.75) is 19.0 Å². The van der Waals surface area contributed by atoms with Crippen LogP contribution in [-0.4, -0.2) is 39.5 Å². The first-order valence-corrected chi connectivity index (χ1v) is 11.1. The molecule has 9 nitrogen and oxygen atoms in total. The molecule has 0 fully saturated rings. The number of benzene rings is 3. The number of aromatic nitrogens is 2. The van der Waals surface area contributed by atoms with Crippen molar-refractivity contribution >= 4 is 22.9 Å². The molecule has 0 saturated carbocycles. The first kappa shape index (κ1) is 22.3. The Morgan fingerprint density at radius 2 is 1.60 bits per heavy atom. The molecule has 2 heterocycles. The van der Waals surface area contributed by atoms with Gasteiger partial charge in [0.2, 0.25) is 12.7 Å². The Kier molecular flexibility index (Phi) is 5.97. The quantitative estimate of drug-likeness (QED) is 0.407. The van der Waals surface area contributed by atoms with Crippen LogP contribution < -0.4 is 20.5 Å². The molecule has 2 N–H and O–H groups in total. The van der Waals surface area contributed by atoms with Gasteiger partial charge < -0.3 is 19.9 Å². The van der Waals surface area contributed by atoms with Crippen molar-refractivity contribution in [1.82, 2.24) is 14.5 Å². The molecule has 1 amide bonds. The lowest BCUT2D eigenvalue weighted by Gasteiger charge is -2.14. The van der Waals surface area contributed by atoms with Gasteiger partial charge in [-0.1, -0.05) is 48.5 Å². The number of rotatable bonds is 8. The van der Waals surface area contributed by atoms with Gasteiger partial charge in [-0.2, -0.15) is 0 Å². The predicted molar refractivity (Wildman–Crippen MR) is 128 cm³/mol. The van der Waals surface area contributed by atoms with Crippen molar-refractivity contribution < 1.29 is 24.2 Å². The molecule has 0 aliphatic carbocycles. The van der Waals surface area contributed by atoms with Crippen molar-refractivity contribution in [1.29, 1.82) is 0 Å². The van der Waals surface area contributed by atoms with E-state index < -0.39 is 17.8 Å². The summed E-state index contributed by atoms with van der Waals surface area (Å²) in [7, 11) is 0. The van der Waals surface area contributed by atoms with Gasteiger partial charge in [0, 0.05) is 6.54 Å². The fourth-order valence-electron chi connectivity index (χ4n) is 4.24. The average molecular weight is 473 g/mol. The Morgan fingerprint density at radius 1 is 0.914 bits per heavy atom. The second-order valence-electron chi connectivity index (χ2n) is 8.24. The number of carboxylic acid groups (broad SMARTS) is 1. The maximum atomic E-state index is 13.2. The maximum Gasteiger partial charge on any atom is 0.329 e. The third kappa shape index (κ3) is 4.48. The Balaban J connectivity index is 1.34. The summed E-state index contributed by atoms with van der Waals surface area (Å²) in [6, 6.07) is 21.8. The molecule has 3 aromatic carbocycles. The zero-order valence-electron chi connectivity index (χ0n) is 18.7. The number of para-hydroxylation sites is 2. The zero-order valence-corrected chi connectivity index (χ0v) is 18.7. The standard InChI is InChI=1S/C26H23N3O6/c30-24(27-13-19(25(31)32)18-10-11-22-23(12-18)35-16-34-22)15-29-21-9-5-4-8-20(21)28(26(29)33)14-17-6-2-1-3-7-17/h1-12,19H,13-16H2,(H,27,30)(H,31,32)/t19-/m1/s1.